The van der Waals surface area contributed by atoms with Crippen LogP contribution in [0.2, 0.25) is 0 Å². The average molecular weight is 267 g/mol. The summed E-state index contributed by atoms with van der Waals surface area (Å²) in [5.74, 6) is 0. The summed E-state index contributed by atoms with van der Waals surface area (Å²) in [6.07, 6.45) is 0.995. The quantitative estimate of drug-likeness (QED) is 0.885. The Labute approximate surface area is 122 Å². The molecule has 2 aromatic carbocycles. The lowest BCUT2D eigenvalue weighted by Crippen LogP contribution is -2.27. The summed E-state index contributed by atoms with van der Waals surface area (Å²) in [5.41, 5.74) is 12.7. The molecule has 0 heterocycles. The van der Waals surface area contributed by atoms with Gasteiger partial charge < -0.3 is 5.73 Å². The minimum Gasteiger partial charge on any atom is -0.330 e. The molecule has 0 saturated heterocycles. The van der Waals surface area contributed by atoms with Crippen LogP contribution in [-0.4, -0.2) is 6.54 Å². The number of hydrogen-bond acceptors (Lipinski definition) is 1. The Kier molecular flexibility index (Phi) is 4.29. The monoisotopic (exact) mass is 267 g/mol. The van der Waals surface area contributed by atoms with Crippen LogP contribution in [0.15, 0.2) is 42.5 Å². The summed E-state index contributed by atoms with van der Waals surface area (Å²) in [5, 5.41) is 0. The molecule has 2 aromatic rings. The highest BCUT2D eigenvalue weighted by atomic mass is 14.6. The molecule has 0 radical (unpaired) electrons. The van der Waals surface area contributed by atoms with Gasteiger partial charge in [-0.15, -0.1) is 0 Å². The predicted molar refractivity (Wildman–Crippen MR) is 87.2 cm³/mol. The van der Waals surface area contributed by atoms with Crippen molar-refractivity contribution in [1.82, 2.24) is 0 Å². The van der Waals surface area contributed by atoms with E-state index in [1.165, 1.54) is 27.8 Å². The molecular formula is C19H25N. The van der Waals surface area contributed by atoms with E-state index in [1.807, 2.05) is 0 Å². The van der Waals surface area contributed by atoms with Gasteiger partial charge in [-0.05, 0) is 42.5 Å². The Morgan fingerprint density at radius 2 is 1.60 bits per heavy atom. The van der Waals surface area contributed by atoms with Crippen LogP contribution in [0.3, 0.4) is 0 Å². The topological polar surface area (TPSA) is 26.0 Å². The van der Waals surface area contributed by atoms with E-state index in [4.69, 9.17) is 5.73 Å². The average Bonchev–Trinajstić information content (AvgIpc) is 2.42. The fraction of sp³-hybridized carbons (Fsp3) is 0.368. The van der Waals surface area contributed by atoms with Crippen molar-refractivity contribution < 1.29 is 0 Å². The molecule has 0 saturated carbocycles. The lowest BCUT2D eigenvalue weighted by atomic mass is 9.84. The first-order chi connectivity index (χ1) is 9.42. The van der Waals surface area contributed by atoms with Gasteiger partial charge in [-0.3, -0.25) is 0 Å². The Morgan fingerprint density at radius 1 is 0.950 bits per heavy atom. The molecule has 0 fully saturated rings. The van der Waals surface area contributed by atoms with E-state index in [9.17, 15) is 0 Å². The van der Waals surface area contributed by atoms with Crippen molar-refractivity contribution in [1.29, 1.82) is 0 Å². The van der Waals surface area contributed by atoms with Crippen LogP contribution in [0.25, 0.3) is 0 Å². The summed E-state index contributed by atoms with van der Waals surface area (Å²) in [6, 6.07) is 15.6. The SMILES string of the molecule is Cc1ccc(Cc2ccc(C(C)(C)CN)cc2)c(C)c1. The predicted octanol–water partition coefficient (Wildman–Crippen LogP) is 4.13. The lowest BCUT2D eigenvalue weighted by Gasteiger charge is -2.23. The van der Waals surface area contributed by atoms with Crippen molar-refractivity contribution in [2.75, 3.05) is 6.54 Å². The van der Waals surface area contributed by atoms with Crippen LogP contribution in [-0.2, 0) is 11.8 Å². The highest BCUT2D eigenvalue weighted by Gasteiger charge is 2.17. The van der Waals surface area contributed by atoms with Gasteiger partial charge in [0, 0.05) is 12.0 Å². The molecule has 2 rings (SSSR count). The van der Waals surface area contributed by atoms with Crippen LogP contribution < -0.4 is 5.73 Å². The maximum absolute atomic E-state index is 5.83. The zero-order valence-corrected chi connectivity index (χ0v) is 13.0. The fourth-order valence-electron chi connectivity index (χ4n) is 2.46. The molecule has 0 unspecified atom stereocenters. The van der Waals surface area contributed by atoms with E-state index in [0.29, 0.717) is 6.54 Å². The van der Waals surface area contributed by atoms with E-state index < -0.39 is 0 Å². The maximum Gasteiger partial charge on any atom is 0.00190 e. The van der Waals surface area contributed by atoms with E-state index in [-0.39, 0.29) is 5.41 Å². The van der Waals surface area contributed by atoms with E-state index >= 15 is 0 Å². The molecule has 1 heteroatoms. The second-order valence-corrected chi connectivity index (χ2v) is 6.39. The number of nitrogens with two attached hydrogens (primary N) is 1. The number of aryl methyl sites for hydroxylation is 2. The van der Waals surface area contributed by atoms with Crippen LogP contribution in [0.1, 0.15) is 41.7 Å². The van der Waals surface area contributed by atoms with Crippen LogP contribution in [0.4, 0.5) is 0 Å². The van der Waals surface area contributed by atoms with Gasteiger partial charge in [0.2, 0.25) is 0 Å². The first kappa shape index (κ1) is 14.8. The Morgan fingerprint density at radius 3 is 2.15 bits per heavy atom. The zero-order valence-electron chi connectivity index (χ0n) is 13.0. The van der Waals surface area contributed by atoms with E-state index in [0.717, 1.165) is 6.42 Å². The smallest absolute Gasteiger partial charge is 0.00190 e. The van der Waals surface area contributed by atoms with Crippen molar-refractivity contribution in [3.8, 4) is 0 Å². The molecule has 1 nitrogen and oxygen atoms in total. The molecule has 0 aromatic heterocycles. The van der Waals surface area contributed by atoms with Gasteiger partial charge in [-0.1, -0.05) is 61.9 Å². The Balaban J connectivity index is 2.19. The Bertz CT molecular complexity index is 579. The summed E-state index contributed by atoms with van der Waals surface area (Å²) in [6.45, 7) is 9.37. The van der Waals surface area contributed by atoms with Crippen molar-refractivity contribution in [2.24, 2.45) is 5.73 Å². The molecule has 0 amide bonds. The number of rotatable bonds is 4. The molecule has 0 aliphatic heterocycles. The van der Waals surface area contributed by atoms with Crippen LogP contribution >= 0.6 is 0 Å². The second kappa shape index (κ2) is 5.80. The Hall–Kier alpha value is -1.60. The minimum absolute atomic E-state index is 0.0539. The van der Waals surface area contributed by atoms with Crippen molar-refractivity contribution in [3.63, 3.8) is 0 Å². The fourth-order valence-corrected chi connectivity index (χ4v) is 2.46. The highest BCUT2D eigenvalue weighted by molar-refractivity contribution is 5.36. The van der Waals surface area contributed by atoms with Crippen molar-refractivity contribution >= 4 is 0 Å². The highest BCUT2D eigenvalue weighted by Crippen LogP contribution is 2.23. The van der Waals surface area contributed by atoms with Gasteiger partial charge in [0.25, 0.3) is 0 Å². The summed E-state index contributed by atoms with van der Waals surface area (Å²) in [7, 11) is 0. The number of benzene rings is 2. The molecule has 20 heavy (non-hydrogen) atoms. The third-order valence-corrected chi connectivity index (χ3v) is 4.14. The molecule has 0 bridgehead atoms. The normalized spacial score (nSPS) is 11.7. The van der Waals surface area contributed by atoms with E-state index in [1.54, 1.807) is 0 Å². The lowest BCUT2D eigenvalue weighted by molar-refractivity contribution is 0.539. The minimum atomic E-state index is 0.0539. The van der Waals surface area contributed by atoms with Gasteiger partial charge in [-0.2, -0.15) is 0 Å². The molecular weight excluding hydrogens is 242 g/mol. The standard InChI is InChI=1S/C19H25N/c1-14-5-8-17(15(2)11-14)12-16-6-9-18(10-7-16)19(3,4)13-20/h5-11H,12-13,20H2,1-4H3. The molecule has 0 aliphatic carbocycles. The maximum atomic E-state index is 5.83. The van der Waals surface area contributed by atoms with Gasteiger partial charge in [0.15, 0.2) is 0 Å². The van der Waals surface area contributed by atoms with Crippen LogP contribution in [0.5, 0.6) is 0 Å². The number of hydrogen-bond donors (Lipinski definition) is 1. The third kappa shape index (κ3) is 3.29. The van der Waals surface area contributed by atoms with Gasteiger partial charge in [0.1, 0.15) is 0 Å². The van der Waals surface area contributed by atoms with Crippen LogP contribution in [0, 0.1) is 13.8 Å². The van der Waals surface area contributed by atoms with E-state index in [2.05, 4.69) is 70.2 Å². The summed E-state index contributed by atoms with van der Waals surface area (Å²) >= 11 is 0. The summed E-state index contributed by atoms with van der Waals surface area (Å²) < 4.78 is 0. The first-order valence-electron chi connectivity index (χ1n) is 7.28. The van der Waals surface area contributed by atoms with Gasteiger partial charge >= 0.3 is 0 Å². The molecule has 106 valence electrons. The molecule has 0 atom stereocenters. The molecule has 2 N–H and O–H groups in total. The van der Waals surface area contributed by atoms with Gasteiger partial charge in [0.05, 0.1) is 0 Å². The largest absolute Gasteiger partial charge is 0.330 e. The van der Waals surface area contributed by atoms with Crippen molar-refractivity contribution in [2.45, 2.75) is 39.5 Å². The molecule has 0 aliphatic rings. The first-order valence-corrected chi connectivity index (χ1v) is 7.28. The third-order valence-electron chi connectivity index (χ3n) is 4.14. The van der Waals surface area contributed by atoms with Gasteiger partial charge in [-0.25, -0.2) is 0 Å². The summed E-state index contributed by atoms with van der Waals surface area (Å²) in [4.78, 5) is 0. The second-order valence-electron chi connectivity index (χ2n) is 6.39. The van der Waals surface area contributed by atoms with Crippen molar-refractivity contribution in [3.05, 3.63) is 70.3 Å². The zero-order chi connectivity index (χ0) is 14.8. The molecule has 0 spiro atoms.